The molecule has 1 fully saturated rings. The molecular weight excluding hydrogens is 267 g/mol. The van der Waals surface area contributed by atoms with Crippen molar-refractivity contribution in [3.8, 4) is 0 Å². The van der Waals surface area contributed by atoms with Crippen molar-refractivity contribution in [1.29, 1.82) is 0 Å². The van der Waals surface area contributed by atoms with Crippen molar-refractivity contribution in [3.63, 3.8) is 0 Å². The van der Waals surface area contributed by atoms with E-state index in [0.29, 0.717) is 11.3 Å². The molecule has 0 unspecified atom stereocenters. The van der Waals surface area contributed by atoms with Gasteiger partial charge in [0.2, 0.25) is 5.13 Å². The lowest BCUT2D eigenvalue weighted by Crippen LogP contribution is -2.32. The molecule has 2 heterocycles. The average Bonchev–Trinajstić information content (AvgIpc) is 2.82. The van der Waals surface area contributed by atoms with Crippen molar-refractivity contribution in [2.45, 2.75) is 24.4 Å². The smallest absolute Gasteiger partial charge is 0.271 e. The summed E-state index contributed by atoms with van der Waals surface area (Å²) in [4.78, 5) is 14.5. The number of aliphatic hydroxyl groups is 3. The van der Waals surface area contributed by atoms with E-state index in [9.17, 15) is 19.4 Å². The van der Waals surface area contributed by atoms with Crippen molar-refractivity contribution < 1.29 is 29.2 Å². The first-order valence-electron chi connectivity index (χ1n) is 5.04. The summed E-state index contributed by atoms with van der Waals surface area (Å²) in [5, 5.41) is 27.2. The predicted octanol–water partition coefficient (Wildman–Crippen LogP) is -1.46. The van der Waals surface area contributed by atoms with Crippen molar-refractivity contribution >= 4 is 17.2 Å². The van der Waals surface area contributed by atoms with Crippen LogP contribution >= 0.6 is 11.3 Å². The Hall–Kier alpha value is -1.13. The quantitative estimate of drug-likeness (QED) is 0.535. The first kappa shape index (κ1) is 13.3. The van der Waals surface area contributed by atoms with Crippen LogP contribution in [0.15, 0.2) is 0 Å². The normalized spacial score (nSPS) is 31.8. The maximum absolute atomic E-state index is 13.3. The number of carbonyl (C=O) groups is 1. The van der Waals surface area contributed by atoms with Crippen molar-refractivity contribution in [3.05, 3.63) is 15.8 Å². The van der Waals surface area contributed by atoms with Crippen LogP contribution in [0.1, 0.15) is 21.6 Å². The molecule has 1 amide bonds. The van der Waals surface area contributed by atoms with Gasteiger partial charge in [-0.05, 0) is 0 Å². The van der Waals surface area contributed by atoms with Gasteiger partial charge in [0.1, 0.15) is 29.4 Å². The Morgan fingerprint density at radius 2 is 2.17 bits per heavy atom. The Morgan fingerprint density at radius 1 is 1.50 bits per heavy atom. The third-order valence-electron chi connectivity index (χ3n) is 2.62. The Bertz CT molecular complexity index is 468. The highest BCUT2D eigenvalue weighted by atomic mass is 32.1. The minimum atomic E-state index is -1.35. The number of hydrogen-bond donors (Lipinski definition) is 4. The number of nitrogens with two attached hydrogens (primary N) is 1. The van der Waals surface area contributed by atoms with Crippen LogP contribution in [-0.2, 0) is 4.74 Å². The van der Waals surface area contributed by atoms with Crippen molar-refractivity contribution in [1.82, 2.24) is 4.98 Å². The lowest BCUT2D eigenvalue weighted by Gasteiger charge is -2.11. The third-order valence-corrected chi connectivity index (χ3v) is 3.53. The second-order valence-electron chi connectivity index (χ2n) is 3.80. The summed E-state index contributed by atoms with van der Waals surface area (Å²) in [5.41, 5.74) is 4.38. The molecular formula is C9H11FN2O5S. The number of thiazole rings is 1. The molecule has 2 rings (SSSR count). The number of aliphatic hydroxyl groups excluding tert-OH is 3. The van der Waals surface area contributed by atoms with Gasteiger partial charge in [-0.1, -0.05) is 11.3 Å². The van der Waals surface area contributed by atoms with E-state index in [1.54, 1.807) is 0 Å². The topological polar surface area (TPSA) is 126 Å². The van der Waals surface area contributed by atoms with Crippen LogP contribution in [0.25, 0.3) is 0 Å². The second-order valence-corrected chi connectivity index (χ2v) is 4.78. The SMILES string of the molecule is NC(=O)c1nc([C@@H]2O[C@H](CO)[C@@H](O)[C@H]2O)sc1F. The van der Waals surface area contributed by atoms with E-state index < -0.39 is 47.8 Å². The number of carbonyl (C=O) groups excluding carboxylic acids is 1. The second kappa shape index (κ2) is 4.86. The number of hydrogen-bond acceptors (Lipinski definition) is 7. The Balaban J connectivity index is 2.27. The highest BCUT2D eigenvalue weighted by molar-refractivity contribution is 7.10. The zero-order valence-corrected chi connectivity index (χ0v) is 9.80. The Kier molecular flexibility index (Phi) is 3.59. The molecule has 5 N–H and O–H groups in total. The van der Waals surface area contributed by atoms with Crippen LogP contribution in [0.2, 0.25) is 0 Å². The lowest BCUT2D eigenvalue weighted by atomic mass is 10.1. The molecule has 4 atom stereocenters. The molecule has 1 aliphatic rings. The maximum atomic E-state index is 13.3. The van der Waals surface area contributed by atoms with E-state index in [1.807, 2.05) is 0 Å². The summed E-state index contributed by atoms with van der Waals surface area (Å²) in [6.45, 7) is -0.495. The van der Waals surface area contributed by atoms with E-state index in [2.05, 4.69) is 4.98 Å². The number of aromatic nitrogens is 1. The molecule has 18 heavy (non-hydrogen) atoms. The van der Waals surface area contributed by atoms with Crippen molar-refractivity contribution in [2.75, 3.05) is 6.61 Å². The molecule has 1 aromatic rings. The van der Waals surface area contributed by atoms with E-state index in [4.69, 9.17) is 15.6 Å². The molecule has 1 aromatic heterocycles. The van der Waals surface area contributed by atoms with Gasteiger partial charge in [-0.2, -0.15) is 4.39 Å². The number of ether oxygens (including phenoxy) is 1. The largest absolute Gasteiger partial charge is 0.394 e. The molecule has 0 bridgehead atoms. The fraction of sp³-hybridized carbons (Fsp3) is 0.556. The fourth-order valence-electron chi connectivity index (χ4n) is 1.69. The Morgan fingerprint density at radius 3 is 2.61 bits per heavy atom. The van der Waals surface area contributed by atoms with Crippen LogP contribution in [-0.4, -0.2) is 51.1 Å². The lowest BCUT2D eigenvalue weighted by molar-refractivity contribution is -0.0228. The zero-order chi connectivity index (χ0) is 13.4. The maximum Gasteiger partial charge on any atom is 0.271 e. The molecule has 7 nitrogen and oxygen atoms in total. The molecule has 0 saturated carbocycles. The molecule has 0 spiro atoms. The Labute approximate surface area is 105 Å². The van der Waals surface area contributed by atoms with E-state index in [0.717, 1.165) is 0 Å². The standard InChI is InChI=1S/C9H11FN2O5S/c10-7-3(8(11)16)12-9(18-7)6-5(15)4(14)2(1-13)17-6/h2,4-6,13-15H,1H2,(H2,11,16)/t2-,4-,5-,6-/m1/s1. The fourth-order valence-corrected chi connectivity index (χ4v) is 2.57. The first-order chi connectivity index (χ1) is 8.45. The average molecular weight is 278 g/mol. The molecule has 100 valence electrons. The van der Waals surface area contributed by atoms with E-state index in [-0.39, 0.29) is 5.01 Å². The molecule has 0 aromatic carbocycles. The van der Waals surface area contributed by atoms with Gasteiger partial charge in [-0.15, -0.1) is 0 Å². The number of amides is 1. The van der Waals surface area contributed by atoms with Gasteiger partial charge in [0, 0.05) is 0 Å². The first-order valence-corrected chi connectivity index (χ1v) is 5.85. The number of nitrogens with zero attached hydrogens (tertiary/aromatic N) is 1. The highest BCUT2D eigenvalue weighted by Gasteiger charge is 2.44. The summed E-state index contributed by atoms with van der Waals surface area (Å²) in [5.74, 6) is -1.03. The van der Waals surface area contributed by atoms with Crippen LogP contribution in [0.5, 0.6) is 0 Å². The van der Waals surface area contributed by atoms with Crippen LogP contribution in [0, 0.1) is 5.13 Å². The van der Waals surface area contributed by atoms with Gasteiger partial charge in [0.15, 0.2) is 5.69 Å². The third kappa shape index (κ3) is 2.10. The van der Waals surface area contributed by atoms with Gasteiger partial charge < -0.3 is 25.8 Å². The summed E-state index contributed by atoms with van der Waals surface area (Å²) in [6, 6.07) is 0. The molecule has 0 aliphatic carbocycles. The number of halogens is 1. The van der Waals surface area contributed by atoms with E-state index >= 15 is 0 Å². The zero-order valence-electron chi connectivity index (χ0n) is 8.99. The monoisotopic (exact) mass is 278 g/mol. The summed E-state index contributed by atoms with van der Waals surface area (Å²) < 4.78 is 18.5. The van der Waals surface area contributed by atoms with Gasteiger partial charge in [-0.25, -0.2) is 4.98 Å². The minimum Gasteiger partial charge on any atom is -0.394 e. The van der Waals surface area contributed by atoms with Gasteiger partial charge in [0.05, 0.1) is 6.61 Å². The molecule has 1 aliphatic heterocycles. The van der Waals surface area contributed by atoms with Crippen LogP contribution in [0.3, 0.4) is 0 Å². The highest BCUT2D eigenvalue weighted by Crippen LogP contribution is 2.35. The molecule has 9 heteroatoms. The van der Waals surface area contributed by atoms with Gasteiger partial charge in [-0.3, -0.25) is 4.79 Å². The predicted molar refractivity (Wildman–Crippen MR) is 57.3 cm³/mol. The van der Waals surface area contributed by atoms with Gasteiger partial charge >= 0.3 is 0 Å². The van der Waals surface area contributed by atoms with Crippen LogP contribution < -0.4 is 5.73 Å². The summed E-state index contributed by atoms with van der Waals surface area (Å²) in [7, 11) is 0. The number of rotatable bonds is 3. The molecule has 0 radical (unpaired) electrons. The summed E-state index contributed by atoms with van der Waals surface area (Å²) in [6.07, 6.45) is -4.73. The van der Waals surface area contributed by atoms with Gasteiger partial charge in [0.25, 0.3) is 5.91 Å². The summed E-state index contributed by atoms with van der Waals surface area (Å²) >= 11 is 0.502. The van der Waals surface area contributed by atoms with Crippen LogP contribution in [0.4, 0.5) is 4.39 Å². The number of primary amides is 1. The minimum absolute atomic E-state index is 0.0104. The van der Waals surface area contributed by atoms with Crippen molar-refractivity contribution in [2.24, 2.45) is 5.73 Å². The van der Waals surface area contributed by atoms with E-state index in [1.165, 1.54) is 0 Å². The molecule has 1 saturated heterocycles.